The van der Waals surface area contributed by atoms with E-state index >= 15 is 0 Å². The average Bonchev–Trinajstić information content (AvgIpc) is 2.88. The van der Waals surface area contributed by atoms with E-state index in [1.165, 1.54) is 12.8 Å². The number of carbonyl (C=O) groups is 1. The van der Waals surface area contributed by atoms with E-state index in [0.717, 1.165) is 19.0 Å². The largest absolute Gasteiger partial charge is 0.478 e. The van der Waals surface area contributed by atoms with Gasteiger partial charge in [0.25, 0.3) is 0 Å². The fourth-order valence-corrected chi connectivity index (χ4v) is 1.46. The molecule has 0 atom stereocenters. The highest BCUT2D eigenvalue weighted by atomic mass is 16.4. The lowest BCUT2D eigenvalue weighted by Gasteiger charge is -2.13. The van der Waals surface area contributed by atoms with Crippen LogP contribution in [0.5, 0.6) is 0 Å². The third kappa shape index (κ3) is 3.92. The lowest BCUT2D eigenvalue weighted by molar-refractivity contribution is -0.132. The summed E-state index contributed by atoms with van der Waals surface area (Å²) < 4.78 is 0. The van der Waals surface area contributed by atoms with Crippen LogP contribution in [0.15, 0.2) is 11.6 Å². The van der Waals surface area contributed by atoms with Crippen molar-refractivity contribution in [3.63, 3.8) is 0 Å². The number of hydrogen-bond donors (Lipinski definition) is 1. The van der Waals surface area contributed by atoms with Gasteiger partial charge in [-0.2, -0.15) is 0 Å². The first-order valence-electron chi connectivity index (χ1n) is 5.24. The van der Waals surface area contributed by atoms with E-state index in [1.807, 2.05) is 20.0 Å². The summed E-state index contributed by atoms with van der Waals surface area (Å²) in [6.45, 7) is 3.74. The van der Waals surface area contributed by atoms with Gasteiger partial charge in [-0.3, -0.25) is 0 Å². The molecule has 0 aromatic carbocycles. The van der Waals surface area contributed by atoms with Crippen molar-refractivity contribution < 1.29 is 9.90 Å². The van der Waals surface area contributed by atoms with Gasteiger partial charge in [0.15, 0.2) is 0 Å². The van der Waals surface area contributed by atoms with E-state index in [0.29, 0.717) is 12.0 Å². The maximum atomic E-state index is 10.7. The Bertz CT molecular complexity index is 231. The molecule has 0 unspecified atom stereocenters. The molecule has 1 rings (SSSR count). The van der Waals surface area contributed by atoms with Gasteiger partial charge < -0.3 is 10.0 Å². The van der Waals surface area contributed by atoms with Gasteiger partial charge in [0, 0.05) is 18.7 Å². The Hall–Kier alpha value is -0.830. The minimum Gasteiger partial charge on any atom is -0.478 e. The number of carboxylic acid groups (broad SMARTS) is 1. The highest BCUT2D eigenvalue weighted by molar-refractivity contribution is 5.86. The van der Waals surface area contributed by atoms with Crippen molar-refractivity contribution in [3.8, 4) is 0 Å². The van der Waals surface area contributed by atoms with Crippen molar-refractivity contribution in [1.29, 1.82) is 0 Å². The molecule has 3 nitrogen and oxygen atoms in total. The smallest absolute Gasteiger partial charge is 0.331 e. The molecule has 0 aromatic heterocycles. The van der Waals surface area contributed by atoms with Gasteiger partial charge in [-0.25, -0.2) is 4.79 Å². The van der Waals surface area contributed by atoms with Crippen molar-refractivity contribution in [1.82, 2.24) is 4.90 Å². The van der Waals surface area contributed by atoms with E-state index < -0.39 is 5.97 Å². The first-order valence-corrected chi connectivity index (χ1v) is 5.24. The molecule has 1 N–H and O–H groups in total. The Labute approximate surface area is 85.4 Å². The molecule has 1 saturated carbocycles. The number of nitrogens with zero attached hydrogens (tertiary/aromatic N) is 1. The predicted octanol–water partition coefficient (Wildman–Crippen LogP) is 1.75. The van der Waals surface area contributed by atoms with E-state index in [1.54, 1.807) is 0 Å². The fourth-order valence-electron chi connectivity index (χ4n) is 1.46. The number of likely N-dealkylation sites (N-methyl/N-ethyl adjacent to an activating group) is 1. The fraction of sp³-hybridized carbons (Fsp3) is 0.727. The van der Waals surface area contributed by atoms with E-state index in [2.05, 4.69) is 4.90 Å². The molecule has 0 heterocycles. The molecule has 1 aliphatic carbocycles. The Morgan fingerprint density at radius 2 is 2.21 bits per heavy atom. The summed E-state index contributed by atoms with van der Waals surface area (Å²) in [4.78, 5) is 12.9. The minimum atomic E-state index is -0.785. The Balaban J connectivity index is 2.30. The summed E-state index contributed by atoms with van der Waals surface area (Å²) in [6, 6.07) is 0. The second-order valence-electron chi connectivity index (χ2n) is 4.05. The van der Waals surface area contributed by atoms with Gasteiger partial charge in [0.05, 0.1) is 0 Å². The van der Waals surface area contributed by atoms with Crippen LogP contribution >= 0.6 is 0 Å². The maximum Gasteiger partial charge on any atom is 0.331 e. The number of aliphatic carboxylic acids is 1. The summed E-state index contributed by atoms with van der Waals surface area (Å²) in [5.41, 5.74) is 0.521. The second kappa shape index (κ2) is 5.15. The molecule has 0 amide bonds. The molecule has 1 aliphatic rings. The zero-order valence-corrected chi connectivity index (χ0v) is 8.99. The van der Waals surface area contributed by atoms with Crippen molar-refractivity contribution in [3.05, 3.63) is 11.6 Å². The minimum absolute atomic E-state index is 0.521. The van der Waals surface area contributed by atoms with Gasteiger partial charge in [-0.15, -0.1) is 0 Å². The van der Waals surface area contributed by atoms with Crippen molar-refractivity contribution in [2.75, 3.05) is 20.1 Å². The van der Waals surface area contributed by atoms with Gasteiger partial charge in [0.1, 0.15) is 0 Å². The third-order valence-corrected chi connectivity index (χ3v) is 2.57. The van der Waals surface area contributed by atoms with Gasteiger partial charge in [-0.1, -0.05) is 13.0 Å². The second-order valence-corrected chi connectivity index (χ2v) is 4.05. The topological polar surface area (TPSA) is 40.5 Å². The summed E-state index contributed by atoms with van der Waals surface area (Å²) in [6.07, 6.45) is 5.11. The lowest BCUT2D eigenvalue weighted by Crippen LogP contribution is -2.21. The quantitative estimate of drug-likeness (QED) is 0.659. The van der Waals surface area contributed by atoms with Gasteiger partial charge >= 0.3 is 5.97 Å². The van der Waals surface area contributed by atoms with Crippen molar-refractivity contribution in [2.24, 2.45) is 5.92 Å². The normalized spacial score (nSPS) is 17.5. The average molecular weight is 197 g/mol. The molecule has 3 heteroatoms. The maximum absolute atomic E-state index is 10.7. The van der Waals surface area contributed by atoms with Gasteiger partial charge in [0.2, 0.25) is 0 Å². The summed E-state index contributed by atoms with van der Waals surface area (Å²) >= 11 is 0. The Morgan fingerprint density at radius 3 is 2.64 bits per heavy atom. The first kappa shape index (κ1) is 11.2. The SMILES string of the molecule is CCC(=CCN(C)CC1CC1)C(=O)O. The van der Waals surface area contributed by atoms with Crippen LogP contribution in [0.2, 0.25) is 0 Å². The van der Waals surface area contributed by atoms with Crippen LogP contribution in [0, 0.1) is 5.92 Å². The number of rotatable bonds is 6. The molecule has 0 bridgehead atoms. The molecule has 0 aromatic rings. The standard InChI is InChI=1S/C11H19NO2/c1-3-10(11(13)14)6-7-12(2)8-9-4-5-9/h6,9H,3-5,7-8H2,1-2H3,(H,13,14). The molecule has 0 radical (unpaired) electrons. The van der Waals surface area contributed by atoms with E-state index in [-0.39, 0.29) is 0 Å². The Morgan fingerprint density at radius 1 is 1.57 bits per heavy atom. The molecule has 14 heavy (non-hydrogen) atoms. The zero-order chi connectivity index (χ0) is 10.6. The molecule has 0 aliphatic heterocycles. The van der Waals surface area contributed by atoms with Crippen molar-refractivity contribution >= 4 is 5.97 Å². The predicted molar refractivity (Wildman–Crippen MR) is 56.2 cm³/mol. The zero-order valence-electron chi connectivity index (χ0n) is 8.99. The van der Waals surface area contributed by atoms with Gasteiger partial charge in [-0.05, 0) is 32.2 Å². The summed E-state index contributed by atoms with van der Waals surface area (Å²) in [5.74, 6) is 0.0793. The third-order valence-electron chi connectivity index (χ3n) is 2.57. The first-order chi connectivity index (χ1) is 6.63. The molecule has 1 fully saturated rings. The van der Waals surface area contributed by atoms with Crippen LogP contribution in [0.1, 0.15) is 26.2 Å². The van der Waals surface area contributed by atoms with Crippen molar-refractivity contribution in [2.45, 2.75) is 26.2 Å². The highest BCUT2D eigenvalue weighted by Crippen LogP contribution is 2.29. The molecular formula is C11H19NO2. The Kier molecular flexibility index (Phi) is 4.14. The molecular weight excluding hydrogens is 178 g/mol. The van der Waals surface area contributed by atoms with Crippen LogP contribution < -0.4 is 0 Å². The number of hydrogen-bond acceptors (Lipinski definition) is 2. The summed E-state index contributed by atoms with van der Waals surface area (Å²) in [5, 5.41) is 8.79. The van der Waals surface area contributed by atoms with Crippen LogP contribution in [-0.4, -0.2) is 36.1 Å². The molecule has 0 spiro atoms. The molecule has 80 valence electrons. The summed E-state index contributed by atoms with van der Waals surface area (Å²) in [7, 11) is 2.05. The highest BCUT2D eigenvalue weighted by Gasteiger charge is 2.22. The van der Waals surface area contributed by atoms with E-state index in [9.17, 15) is 4.79 Å². The van der Waals surface area contributed by atoms with Crippen LogP contribution in [0.3, 0.4) is 0 Å². The monoisotopic (exact) mass is 197 g/mol. The van der Waals surface area contributed by atoms with Crippen LogP contribution in [0.25, 0.3) is 0 Å². The number of carboxylic acids is 1. The lowest BCUT2D eigenvalue weighted by atomic mass is 10.2. The van der Waals surface area contributed by atoms with E-state index in [4.69, 9.17) is 5.11 Å². The van der Waals surface area contributed by atoms with Crippen LogP contribution in [-0.2, 0) is 4.79 Å². The van der Waals surface area contributed by atoms with Crippen LogP contribution in [0.4, 0.5) is 0 Å². The molecule has 0 saturated heterocycles.